The Labute approximate surface area is 116 Å². The van der Waals surface area contributed by atoms with E-state index in [1.165, 1.54) is 12.8 Å². The number of aromatic hydroxyl groups is 1. The maximum Gasteiger partial charge on any atom is 0.122 e. The van der Waals surface area contributed by atoms with Crippen molar-refractivity contribution in [2.45, 2.75) is 39.7 Å². The van der Waals surface area contributed by atoms with Crippen LogP contribution in [-0.4, -0.2) is 24.7 Å². The van der Waals surface area contributed by atoms with E-state index in [2.05, 4.69) is 43.1 Å². The molecule has 2 rings (SSSR count). The lowest BCUT2D eigenvalue weighted by Gasteiger charge is -2.33. The lowest BCUT2D eigenvalue weighted by molar-refractivity contribution is 0.441. The zero-order valence-electron chi connectivity index (χ0n) is 12.3. The Hall–Kier alpha value is -1.22. The van der Waals surface area contributed by atoms with Crippen LogP contribution in [0.1, 0.15) is 45.2 Å². The summed E-state index contributed by atoms with van der Waals surface area (Å²) < 4.78 is 0. The standard InChI is InChI=1S/C16H26N2O/c1-4-17-13(3)15-8-7-14(10-16(15)19)18-9-5-6-12(2)11-18/h7-8,10,12-13,17,19H,4-6,9,11H2,1-3H3. The molecule has 1 saturated heterocycles. The maximum absolute atomic E-state index is 10.2. The summed E-state index contributed by atoms with van der Waals surface area (Å²) >= 11 is 0. The van der Waals surface area contributed by atoms with Crippen molar-refractivity contribution in [3.8, 4) is 5.75 Å². The third kappa shape index (κ3) is 3.41. The van der Waals surface area contributed by atoms with E-state index in [1.54, 1.807) is 0 Å². The van der Waals surface area contributed by atoms with Crippen molar-refractivity contribution in [2.24, 2.45) is 5.92 Å². The molecule has 19 heavy (non-hydrogen) atoms. The molecule has 1 aromatic carbocycles. The summed E-state index contributed by atoms with van der Waals surface area (Å²) in [5, 5.41) is 13.6. The van der Waals surface area contributed by atoms with Crippen molar-refractivity contribution in [3.05, 3.63) is 23.8 Å². The number of nitrogens with zero attached hydrogens (tertiary/aromatic N) is 1. The average molecular weight is 262 g/mol. The number of anilines is 1. The lowest BCUT2D eigenvalue weighted by atomic mass is 9.99. The predicted molar refractivity (Wildman–Crippen MR) is 80.8 cm³/mol. The smallest absolute Gasteiger partial charge is 0.122 e. The molecule has 2 N–H and O–H groups in total. The number of piperidine rings is 1. The summed E-state index contributed by atoms with van der Waals surface area (Å²) in [5.74, 6) is 1.15. The topological polar surface area (TPSA) is 35.5 Å². The van der Waals surface area contributed by atoms with Crippen LogP contribution < -0.4 is 10.2 Å². The van der Waals surface area contributed by atoms with Gasteiger partial charge in [-0.2, -0.15) is 0 Å². The van der Waals surface area contributed by atoms with Gasteiger partial charge in [0.1, 0.15) is 5.75 Å². The quantitative estimate of drug-likeness (QED) is 0.874. The number of nitrogens with one attached hydrogen (secondary N) is 1. The average Bonchev–Trinajstić information content (AvgIpc) is 2.38. The first-order valence-electron chi connectivity index (χ1n) is 7.43. The molecule has 3 nitrogen and oxygen atoms in total. The van der Waals surface area contributed by atoms with E-state index >= 15 is 0 Å². The monoisotopic (exact) mass is 262 g/mol. The molecular weight excluding hydrogens is 236 g/mol. The summed E-state index contributed by atoms with van der Waals surface area (Å²) in [6.45, 7) is 9.57. The van der Waals surface area contributed by atoms with Crippen LogP contribution in [0, 0.1) is 5.92 Å². The Morgan fingerprint density at radius 3 is 2.89 bits per heavy atom. The van der Waals surface area contributed by atoms with E-state index in [-0.39, 0.29) is 6.04 Å². The second-order valence-corrected chi connectivity index (χ2v) is 5.72. The Balaban J connectivity index is 2.14. The number of rotatable bonds is 4. The first kappa shape index (κ1) is 14.2. The fraction of sp³-hybridized carbons (Fsp3) is 0.625. The maximum atomic E-state index is 10.2. The first-order valence-corrected chi connectivity index (χ1v) is 7.43. The van der Waals surface area contributed by atoms with Crippen molar-refractivity contribution in [1.29, 1.82) is 0 Å². The molecule has 0 amide bonds. The third-order valence-corrected chi connectivity index (χ3v) is 4.01. The van der Waals surface area contributed by atoms with Crippen molar-refractivity contribution >= 4 is 5.69 Å². The fourth-order valence-corrected chi connectivity index (χ4v) is 2.93. The van der Waals surface area contributed by atoms with Gasteiger partial charge in [-0.1, -0.05) is 19.9 Å². The molecule has 106 valence electrons. The highest BCUT2D eigenvalue weighted by molar-refractivity contribution is 5.54. The molecule has 1 aliphatic heterocycles. The minimum absolute atomic E-state index is 0.194. The van der Waals surface area contributed by atoms with Crippen LogP contribution in [-0.2, 0) is 0 Å². The Morgan fingerprint density at radius 1 is 1.47 bits per heavy atom. The Morgan fingerprint density at radius 2 is 2.26 bits per heavy atom. The van der Waals surface area contributed by atoms with Crippen LogP contribution in [0.2, 0.25) is 0 Å². The first-order chi connectivity index (χ1) is 9.11. The van der Waals surface area contributed by atoms with Gasteiger partial charge in [-0.05, 0) is 38.3 Å². The molecule has 2 unspecified atom stereocenters. The second-order valence-electron chi connectivity index (χ2n) is 5.72. The van der Waals surface area contributed by atoms with Crippen LogP contribution in [0.15, 0.2) is 18.2 Å². The van der Waals surface area contributed by atoms with Gasteiger partial charge in [0.25, 0.3) is 0 Å². The molecule has 1 aromatic rings. The summed E-state index contributed by atoms with van der Waals surface area (Å²) in [6.07, 6.45) is 2.56. The Kier molecular flexibility index (Phi) is 4.70. The molecule has 0 radical (unpaired) electrons. The number of hydrogen-bond donors (Lipinski definition) is 2. The van der Waals surface area contributed by atoms with E-state index in [9.17, 15) is 5.11 Å². The molecule has 2 atom stereocenters. The molecule has 1 heterocycles. The van der Waals surface area contributed by atoms with E-state index < -0.39 is 0 Å². The molecule has 1 fully saturated rings. The SMILES string of the molecule is CCNC(C)c1ccc(N2CCCC(C)C2)cc1O. The normalized spacial score (nSPS) is 21.4. The summed E-state index contributed by atoms with van der Waals surface area (Å²) in [7, 11) is 0. The van der Waals surface area contributed by atoms with Crippen LogP contribution in [0.4, 0.5) is 5.69 Å². The highest BCUT2D eigenvalue weighted by Crippen LogP contribution is 2.31. The van der Waals surface area contributed by atoms with Gasteiger partial charge in [0.2, 0.25) is 0 Å². The van der Waals surface area contributed by atoms with E-state index in [1.807, 2.05) is 6.07 Å². The van der Waals surface area contributed by atoms with Gasteiger partial charge in [0.15, 0.2) is 0 Å². The number of phenols is 1. The molecule has 0 bridgehead atoms. The van der Waals surface area contributed by atoms with Gasteiger partial charge in [-0.25, -0.2) is 0 Å². The zero-order chi connectivity index (χ0) is 13.8. The summed E-state index contributed by atoms with van der Waals surface area (Å²) in [4.78, 5) is 2.38. The largest absolute Gasteiger partial charge is 0.508 e. The second kappa shape index (κ2) is 6.29. The molecule has 0 aliphatic carbocycles. The highest BCUT2D eigenvalue weighted by Gasteiger charge is 2.18. The van der Waals surface area contributed by atoms with Gasteiger partial charge in [-0.15, -0.1) is 0 Å². The lowest BCUT2D eigenvalue weighted by Crippen LogP contribution is -2.34. The molecular formula is C16H26N2O. The van der Waals surface area contributed by atoms with Crippen LogP contribution >= 0.6 is 0 Å². The van der Waals surface area contributed by atoms with Gasteiger partial charge in [0.05, 0.1) is 0 Å². The summed E-state index contributed by atoms with van der Waals surface area (Å²) in [5.41, 5.74) is 2.13. The molecule has 0 aromatic heterocycles. The minimum atomic E-state index is 0.194. The number of hydrogen-bond acceptors (Lipinski definition) is 3. The van der Waals surface area contributed by atoms with Gasteiger partial charge < -0.3 is 15.3 Å². The molecule has 0 saturated carbocycles. The molecule has 1 aliphatic rings. The van der Waals surface area contributed by atoms with E-state index in [4.69, 9.17) is 0 Å². The minimum Gasteiger partial charge on any atom is -0.508 e. The van der Waals surface area contributed by atoms with E-state index in [0.717, 1.165) is 36.8 Å². The zero-order valence-corrected chi connectivity index (χ0v) is 12.3. The Bertz CT molecular complexity index is 419. The number of benzene rings is 1. The fourth-order valence-electron chi connectivity index (χ4n) is 2.93. The van der Waals surface area contributed by atoms with Gasteiger partial charge >= 0.3 is 0 Å². The van der Waals surface area contributed by atoms with Crippen molar-refractivity contribution < 1.29 is 5.11 Å². The predicted octanol–water partition coefficient (Wildman–Crippen LogP) is 3.30. The van der Waals surface area contributed by atoms with Crippen molar-refractivity contribution in [3.63, 3.8) is 0 Å². The third-order valence-electron chi connectivity index (χ3n) is 4.01. The van der Waals surface area contributed by atoms with Crippen molar-refractivity contribution in [1.82, 2.24) is 5.32 Å². The van der Waals surface area contributed by atoms with Gasteiger partial charge in [-0.3, -0.25) is 0 Å². The summed E-state index contributed by atoms with van der Waals surface area (Å²) in [6, 6.07) is 6.30. The number of phenolic OH excluding ortho intramolecular Hbond substituents is 1. The van der Waals surface area contributed by atoms with E-state index in [0.29, 0.717) is 5.75 Å². The van der Waals surface area contributed by atoms with Crippen LogP contribution in [0.5, 0.6) is 5.75 Å². The van der Waals surface area contributed by atoms with Crippen LogP contribution in [0.3, 0.4) is 0 Å². The van der Waals surface area contributed by atoms with Crippen LogP contribution in [0.25, 0.3) is 0 Å². The molecule has 0 spiro atoms. The highest BCUT2D eigenvalue weighted by atomic mass is 16.3. The van der Waals surface area contributed by atoms with Crippen molar-refractivity contribution in [2.75, 3.05) is 24.5 Å². The molecule has 3 heteroatoms. The van der Waals surface area contributed by atoms with Gasteiger partial charge in [0, 0.05) is 36.4 Å².